The quantitative estimate of drug-likeness (QED) is 0.361. The van der Waals surface area contributed by atoms with E-state index in [1.165, 1.54) is 12.0 Å². The summed E-state index contributed by atoms with van der Waals surface area (Å²) in [7, 11) is 0. The molecule has 0 atom stereocenters. The van der Waals surface area contributed by atoms with Gasteiger partial charge in [-0.1, -0.05) is 55.7 Å². The highest BCUT2D eigenvalue weighted by Gasteiger charge is 2.17. The third kappa shape index (κ3) is 6.70. The lowest BCUT2D eigenvalue weighted by atomic mass is 9.95. The van der Waals surface area contributed by atoms with Crippen LogP contribution in [0.25, 0.3) is 0 Å². The molecule has 0 unspecified atom stereocenters. The molecule has 1 aliphatic rings. The Bertz CT molecular complexity index is 1130. The van der Waals surface area contributed by atoms with Gasteiger partial charge in [-0.25, -0.2) is 0 Å². The van der Waals surface area contributed by atoms with Crippen molar-refractivity contribution in [1.29, 1.82) is 0 Å². The Hall–Kier alpha value is -3.12. The smallest absolute Gasteiger partial charge is 0.255 e. The van der Waals surface area contributed by atoms with Crippen LogP contribution in [0.2, 0.25) is 0 Å². The van der Waals surface area contributed by atoms with E-state index in [0.29, 0.717) is 33.6 Å². The predicted octanol–water partition coefficient (Wildman–Crippen LogP) is 6.39. The van der Waals surface area contributed by atoms with Gasteiger partial charge in [-0.05, 0) is 70.7 Å². The summed E-state index contributed by atoms with van der Waals surface area (Å²) in [5.41, 5.74) is 2.84. The first kappa shape index (κ1) is 24.0. The Morgan fingerprint density at radius 1 is 0.853 bits per heavy atom. The molecular weight excluding hydrogens is 492 g/mol. The molecule has 0 radical (unpaired) electrons. The van der Waals surface area contributed by atoms with Gasteiger partial charge in [0.1, 0.15) is 5.75 Å². The summed E-state index contributed by atoms with van der Waals surface area (Å²) >= 11 is 3.51. The molecule has 6 heteroatoms. The number of halogens is 1. The Balaban J connectivity index is 1.33. The topological polar surface area (TPSA) is 67.4 Å². The minimum atomic E-state index is -0.249. The summed E-state index contributed by atoms with van der Waals surface area (Å²) in [4.78, 5) is 25.4. The molecule has 3 aromatic rings. The molecule has 0 saturated heterocycles. The Kier molecular flexibility index (Phi) is 8.36. The molecule has 0 aliphatic heterocycles. The summed E-state index contributed by atoms with van der Waals surface area (Å²) in [6.07, 6.45) is 6.43. The van der Waals surface area contributed by atoms with Crippen molar-refractivity contribution in [2.75, 3.05) is 11.9 Å². The molecule has 1 aliphatic carbocycles. The molecule has 5 nitrogen and oxygen atoms in total. The van der Waals surface area contributed by atoms with Crippen molar-refractivity contribution >= 4 is 33.4 Å². The fourth-order valence-electron chi connectivity index (χ4n) is 4.14. The van der Waals surface area contributed by atoms with E-state index >= 15 is 0 Å². The molecule has 0 spiro atoms. The van der Waals surface area contributed by atoms with E-state index < -0.39 is 0 Å². The number of nitrogens with one attached hydrogen (secondary N) is 2. The van der Waals surface area contributed by atoms with Gasteiger partial charge in [0.2, 0.25) is 0 Å². The van der Waals surface area contributed by atoms with E-state index in [1.807, 2.05) is 18.2 Å². The van der Waals surface area contributed by atoms with Crippen LogP contribution in [-0.4, -0.2) is 24.5 Å². The molecule has 2 amide bonds. The highest BCUT2D eigenvalue weighted by Crippen LogP contribution is 2.27. The van der Waals surface area contributed by atoms with Crippen LogP contribution in [0.4, 0.5) is 5.69 Å². The van der Waals surface area contributed by atoms with Crippen molar-refractivity contribution < 1.29 is 14.3 Å². The average Bonchev–Trinajstić information content (AvgIpc) is 2.86. The van der Waals surface area contributed by atoms with Crippen LogP contribution in [0.3, 0.4) is 0 Å². The third-order valence-corrected chi connectivity index (χ3v) is 6.63. The first-order valence-electron chi connectivity index (χ1n) is 11.8. The van der Waals surface area contributed by atoms with Gasteiger partial charge in [-0.15, -0.1) is 0 Å². The summed E-state index contributed by atoms with van der Waals surface area (Å²) in [5.74, 6) is 0.345. The molecule has 0 bridgehead atoms. The summed E-state index contributed by atoms with van der Waals surface area (Å²) in [6.45, 7) is 0.546. The van der Waals surface area contributed by atoms with E-state index in [0.717, 1.165) is 32.1 Å². The fourth-order valence-corrected chi connectivity index (χ4v) is 4.63. The Labute approximate surface area is 209 Å². The Morgan fingerprint density at radius 2 is 1.62 bits per heavy atom. The number of carbonyl (C=O) groups excluding carboxylic acids is 2. The van der Waals surface area contributed by atoms with Gasteiger partial charge in [0.25, 0.3) is 11.8 Å². The van der Waals surface area contributed by atoms with Crippen molar-refractivity contribution in [3.63, 3.8) is 0 Å². The van der Waals surface area contributed by atoms with Crippen molar-refractivity contribution in [1.82, 2.24) is 5.32 Å². The number of benzene rings is 3. The van der Waals surface area contributed by atoms with Crippen molar-refractivity contribution in [3.05, 3.63) is 94.0 Å². The zero-order chi connectivity index (χ0) is 23.8. The van der Waals surface area contributed by atoms with Crippen LogP contribution < -0.4 is 15.4 Å². The average molecular weight is 521 g/mol. The zero-order valence-electron chi connectivity index (χ0n) is 19.1. The first-order valence-corrected chi connectivity index (χ1v) is 12.6. The lowest BCUT2D eigenvalue weighted by molar-refractivity contribution is 0.0926. The maximum atomic E-state index is 12.8. The molecular formula is C28H29BrN2O3. The van der Waals surface area contributed by atoms with Gasteiger partial charge in [0, 0.05) is 29.3 Å². The SMILES string of the molecule is O=C(Nc1cccc(C(=O)NC2CCCCC2)c1)c1ccc(OCCc2ccccc2)c(Br)c1. The molecule has 0 aromatic heterocycles. The molecule has 1 saturated carbocycles. The first-order chi connectivity index (χ1) is 16.6. The lowest BCUT2D eigenvalue weighted by Gasteiger charge is -2.22. The van der Waals surface area contributed by atoms with E-state index in [-0.39, 0.29) is 17.9 Å². The molecule has 0 heterocycles. The largest absolute Gasteiger partial charge is 0.492 e. The third-order valence-electron chi connectivity index (χ3n) is 6.01. The Morgan fingerprint density at radius 3 is 2.38 bits per heavy atom. The molecule has 34 heavy (non-hydrogen) atoms. The zero-order valence-corrected chi connectivity index (χ0v) is 20.6. The monoisotopic (exact) mass is 520 g/mol. The van der Waals surface area contributed by atoms with Gasteiger partial charge >= 0.3 is 0 Å². The number of amides is 2. The fraction of sp³-hybridized carbons (Fsp3) is 0.286. The lowest BCUT2D eigenvalue weighted by Crippen LogP contribution is -2.36. The number of carbonyl (C=O) groups is 2. The van der Waals surface area contributed by atoms with E-state index in [9.17, 15) is 9.59 Å². The van der Waals surface area contributed by atoms with E-state index in [4.69, 9.17) is 4.74 Å². The highest BCUT2D eigenvalue weighted by molar-refractivity contribution is 9.10. The molecule has 3 aromatic carbocycles. The number of hydrogen-bond acceptors (Lipinski definition) is 3. The second-order valence-electron chi connectivity index (χ2n) is 8.57. The van der Waals surface area contributed by atoms with Crippen LogP contribution in [-0.2, 0) is 6.42 Å². The van der Waals surface area contributed by atoms with Crippen molar-refractivity contribution in [2.24, 2.45) is 0 Å². The molecule has 4 rings (SSSR count). The minimum absolute atomic E-state index is 0.0947. The second-order valence-corrected chi connectivity index (χ2v) is 9.43. The van der Waals surface area contributed by atoms with Crippen molar-refractivity contribution in [2.45, 2.75) is 44.6 Å². The standard InChI is InChI=1S/C28H29BrN2O3/c29-25-19-22(14-15-26(25)34-17-16-20-8-3-1-4-9-20)28(33)31-24-13-7-10-21(18-24)27(32)30-23-11-5-2-6-12-23/h1,3-4,7-10,13-15,18-19,23H,2,5-6,11-12,16-17H2,(H,30,32)(H,31,33). The number of hydrogen-bond donors (Lipinski definition) is 2. The van der Waals surface area contributed by atoms with Gasteiger partial charge in [0.05, 0.1) is 11.1 Å². The molecule has 176 valence electrons. The number of rotatable bonds is 8. The van der Waals surface area contributed by atoms with Gasteiger partial charge in [0.15, 0.2) is 0 Å². The number of anilines is 1. The van der Waals surface area contributed by atoms with Crippen LogP contribution in [0, 0.1) is 0 Å². The second kappa shape index (κ2) is 11.8. The van der Waals surface area contributed by atoms with Gasteiger partial charge in [-0.2, -0.15) is 0 Å². The highest BCUT2D eigenvalue weighted by atomic mass is 79.9. The summed E-state index contributed by atoms with van der Waals surface area (Å²) in [6, 6.07) is 22.7. The van der Waals surface area contributed by atoms with Gasteiger partial charge in [-0.3, -0.25) is 9.59 Å². The summed E-state index contributed by atoms with van der Waals surface area (Å²) < 4.78 is 6.59. The van der Waals surface area contributed by atoms with Crippen LogP contribution in [0.15, 0.2) is 77.3 Å². The maximum absolute atomic E-state index is 12.8. The molecule has 1 fully saturated rings. The normalized spacial score (nSPS) is 13.8. The van der Waals surface area contributed by atoms with Crippen molar-refractivity contribution in [3.8, 4) is 5.75 Å². The van der Waals surface area contributed by atoms with E-state index in [1.54, 1.807) is 42.5 Å². The predicted molar refractivity (Wildman–Crippen MR) is 139 cm³/mol. The number of ether oxygens (including phenoxy) is 1. The van der Waals surface area contributed by atoms with Crippen LogP contribution in [0.1, 0.15) is 58.4 Å². The minimum Gasteiger partial charge on any atom is -0.492 e. The maximum Gasteiger partial charge on any atom is 0.255 e. The molecule has 2 N–H and O–H groups in total. The van der Waals surface area contributed by atoms with Crippen LogP contribution in [0.5, 0.6) is 5.75 Å². The van der Waals surface area contributed by atoms with Crippen LogP contribution >= 0.6 is 15.9 Å². The summed E-state index contributed by atoms with van der Waals surface area (Å²) in [5, 5.41) is 6.00. The van der Waals surface area contributed by atoms with Gasteiger partial charge < -0.3 is 15.4 Å². The van der Waals surface area contributed by atoms with E-state index in [2.05, 4.69) is 38.7 Å².